The summed E-state index contributed by atoms with van der Waals surface area (Å²) < 4.78 is 9.59. The third-order valence-electron chi connectivity index (χ3n) is 3.23. The first kappa shape index (κ1) is 18.7. The van der Waals surface area contributed by atoms with E-state index in [0.29, 0.717) is 12.3 Å². The van der Waals surface area contributed by atoms with E-state index in [2.05, 4.69) is 15.3 Å². The van der Waals surface area contributed by atoms with Crippen LogP contribution in [0.5, 0.6) is 5.75 Å². The lowest BCUT2D eigenvalue weighted by molar-refractivity contribution is 0.0593. The third kappa shape index (κ3) is 4.44. The largest absolute Gasteiger partial charge is 0.491 e. The van der Waals surface area contributed by atoms with Gasteiger partial charge in [-0.2, -0.15) is 0 Å². The molecule has 0 radical (unpaired) electrons. The first-order chi connectivity index (χ1) is 11.8. The van der Waals surface area contributed by atoms with Crippen LogP contribution in [0.2, 0.25) is 0 Å². The number of thiazole rings is 1. The van der Waals surface area contributed by atoms with Crippen LogP contribution in [-0.4, -0.2) is 36.1 Å². The van der Waals surface area contributed by atoms with Crippen LogP contribution in [-0.2, 0) is 11.2 Å². The predicted molar refractivity (Wildman–Crippen MR) is 93.6 cm³/mol. The number of rotatable bonds is 6. The number of amides is 1. The molecule has 0 aliphatic carbocycles. The molecule has 0 fully saturated rings. The van der Waals surface area contributed by atoms with Crippen LogP contribution >= 0.6 is 11.3 Å². The van der Waals surface area contributed by atoms with E-state index in [9.17, 15) is 14.4 Å². The standard InChI is InChI=1S/C16H19N3O5S/c1-8(2)5-12-13(15(22)24-4)18-16(25-12)19-14(21)9-6-10(20)11(23-3)7-17-9/h6-8H,5H2,1-4H3,(H,17,20)(H,18,19,21). The Balaban J connectivity index is 2.25. The first-order valence-electron chi connectivity index (χ1n) is 7.51. The van der Waals surface area contributed by atoms with Gasteiger partial charge >= 0.3 is 5.97 Å². The molecule has 0 aliphatic heterocycles. The van der Waals surface area contributed by atoms with Gasteiger partial charge in [0, 0.05) is 17.1 Å². The summed E-state index contributed by atoms with van der Waals surface area (Å²) in [5.41, 5.74) is -0.160. The molecule has 0 atom stereocenters. The summed E-state index contributed by atoms with van der Waals surface area (Å²) in [6, 6.07) is 1.14. The van der Waals surface area contributed by atoms with E-state index in [0.717, 1.165) is 10.9 Å². The summed E-state index contributed by atoms with van der Waals surface area (Å²) in [5.74, 6) is -0.672. The van der Waals surface area contributed by atoms with Gasteiger partial charge in [-0.3, -0.25) is 14.9 Å². The Morgan fingerprint density at radius 2 is 2.08 bits per heavy atom. The summed E-state index contributed by atoms with van der Waals surface area (Å²) in [4.78, 5) is 43.4. The topological polar surface area (TPSA) is 110 Å². The van der Waals surface area contributed by atoms with Crippen molar-refractivity contribution in [1.29, 1.82) is 0 Å². The Bertz CT molecular complexity index is 841. The Labute approximate surface area is 148 Å². The maximum Gasteiger partial charge on any atom is 0.357 e. The molecule has 2 aromatic heterocycles. The first-order valence-corrected chi connectivity index (χ1v) is 8.33. The average molecular weight is 365 g/mol. The fourth-order valence-electron chi connectivity index (χ4n) is 2.08. The molecule has 25 heavy (non-hydrogen) atoms. The van der Waals surface area contributed by atoms with Crippen molar-refractivity contribution < 1.29 is 19.1 Å². The number of carbonyl (C=O) groups excluding carboxylic acids is 2. The minimum absolute atomic E-state index is 0.0611. The van der Waals surface area contributed by atoms with E-state index in [1.807, 2.05) is 13.8 Å². The molecule has 2 rings (SSSR count). The highest BCUT2D eigenvalue weighted by atomic mass is 32.1. The molecule has 0 aliphatic rings. The number of H-pyrrole nitrogens is 1. The Kier molecular flexibility index (Phi) is 5.92. The van der Waals surface area contributed by atoms with Crippen molar-refractivity contribution >= 4 is 28.3 Å². The van der Waals surface area contributed by atoms with Gasteiger partial charge in [0.25, 0.3) is 5.91 Å². The third-order valence-corrected chi connectivity index (χ3v) is 4.22. The van der Waals surface area contributed by atoms with E-state index >= 15 is 0 Å². The van der Waals surface area contributed by atoms with E-state index in [1.54, 1.807) is 0 Å². The smallest absolute Gasteiger partial charge is 0.357 e. The molecule has 0 bridgehead atoms. The van der Waals surface area contributed by atoms with Crippen LogP contribution in [0.25, 0.3) is 0 Å². The minimum atomic E-state index is -0.551. The van der Waals surface area contributed by atoms with Gasteiger partial charge in [0.1, 0.15) is 5.69 Å². The maximum absolute atomic E-state index is 12.3. The van der Waals surface area contributed by atoms with Crippen molar-refractivity contribution in [2.24, 2.45) is 5.92 Å². The molecule has 0 unspecified atom stereocenters. The minimum Gasteiger partial charge on any atom is -0.491 e. The van der Waals surface area contributed by atoms with Crippen LogP contribution in [0.3, 0.4) is 0 Å². The second kappa shape index (κ2) is 7.93. The van der Waals surface area contributed by atoms with Crippen molar-refractivity contribution in [3.8, 4) is 5.75 Å². The lowest BCUT2D eigenvalue weighted by Crippen LogP contribution is -2.17. The fraction of sp³-hybridized carbons (Fsp3) is 0.375. The molecule has 8 nitrogen and oxygen atoms in total. The second-order valence-corrected chi connectivity index (χ2v) is 6.70. The summed E-state index contributed by atoms with van der Waals surface area (Å²) in [5, 5.41) is 2.85. The number of aromatic amines is 1. The highest BCUT2D eigenvalue weighted by Crippen LogP contribution is 2.26. The maximum atomic E-state index is 12.3. The molecule has 0 spiro atoms. The van der Waals surface area contributed by atoms with Gasteiger partial charge in [-0.25, -0.2) is 9.78 Å². The van der Waals surface area contributed by atoms with Crippen molar-refractivity contribution in [1.82, 2.24) is 9.97 Å². The van der Waals surface area contributed by atoms with E-state index in [-0.39, 0.29) is 22.3 Å². The van der Waals surface area contributed by atoms with E-state index < -0.39 is 17.3 Å². The van der Waals surface area contributed by atoms with Crippen LogP contribution in [0.4, 0.5) is 5.13 Å². The van der Waals surface area contributed by atoms with Crippen molar-refractivity contribution in [3.63, 3.8) is 0 Å². The zero-order valence-corrected chi connectivity index (χ0v) is 15.2. The number of carbonyl (C=O) groups is 2. The fourth-order valence-corrected chi connectivity index (χ4v) is 3.24. The highest BCUT2D eigenvalue weighted by Gasteiger charge is 2.21. The highest BCUT2D eigenvalue weighted by molar-refractivity contribution is 7.16. The molecule has 0 aromatic carbocycles. The van der Waals surface area contributed by atoms with E-state index in [4.69, 9.17) is 9.47 Å². The monoisotopic (exact) mass is 365 g/mol. The van der Waals surface area contributed by atoms with Crippen LogP contribution < -0.4 is 15.5 Å². The van der Waals surface area contributed by atoms with Crippen LogP contribution in [0.15, 0.2) is 17.1 Å². The van der Waals surface area contributed by atoms with Gasteiger partial charge in [0.2, 0.25) is 5.43 Å². The predicted octanol–water partition coefficient (Wildman–Crippen LogP) is 2.08. The summed E-state index contributed by atoms with van der Waals surface area (Å²) in [6.07, 6.45) is 1.94. The van der Waals surface area contributed by atoms with Crippen molar-refractivity contribution in [2.75, 3.05) is 19.5 Å². The van der Waals surface area contributed by atoms with Crippen molar-refractivity contribution in [3.05, 3.63) is 38.8 Å². The number of hydrogen-bond donors (Lipinski definition) is 2. The lowest BCUT2D eigenvalue weighted by Gasteiger charge is -2.03. The quantitative estimate of drug-likeness (QED) is 0.758. The van der Waals surface area contributed by atoms with Gasteiger partial charge in [-0.1, -0.05) is 13.8 Å². The van der Waals surface area contributed by atoms with Gasteiger partial charge in [0.15, 0.2) is 16.6 Å². The normalized spacial score (nSPS) is 10.6. The number of ether oxygens (including phenoxy) is 2. The van der Waals surface area contributed by atoms with Gasteiger partial charge in [-0.05, 0) is 12.3 Å². The molecular formula is C16H19N3O5S. The van der Waals surface area contributed by atoms with Gasteiger partial charge < -0.3 is 14.5 Å². The lowest BCUT2D eigenvalue weighted by atomic mass is 10.1. The summed E-state index contributed by atoms with van der Waals surface area (Å²) >= 11 is 1.21. The summed E-state index contributed by atoms with van der Waals surface area (Å²) in [7, 11) is 2.64. The SMILES string of the molecule is COC(=O)c1nc(NC(=O)c2cc(=O)c(OC)c[nH]2)sc1CC(C)C. The second-order valence-electron chi connectivity index (χ2n) is 5.61. The van der Waals surface area contributed by atoms with Gasteiger partial charge in [0.05, 0.1) is 14.2 Å². The van der Waals surface area contributed by atoms with E-state index in [1.165, 1.54) is 31.8 Å². The molecule has 2 heterocycles. The van der Waals surface area contributed by atoms with Crippen LogP contribution in [0.1, 0.15) is 39.7 Å². The Hall–Kier alpha value is -2.68. The number of nitrogens with one attached hydrogen (secondary N) is 2. The number of hydrogen-bond acceptors (Lipinski definition) is 7. The molecule has 134 valence electrons. The molecule has 1 amide bonds. The number of methoxy groups -OCH3 is 2. The average Bonchev–Trinajstić information content (AvgIpc) is 2.95. The molecule has 0 saturated heterocycles. The number of anilines is 1. The number of esters is 1. The number of pyridine rings is 1. The van der Waals surface area contributed by atoms with Crippen LogP contribution in [0, 0.1) is 5.92 Å². The van der Waals surface area contributed by atoms with Gasteiger partial charge in [-0.15, -0.1) is 11.3 Å². The number of aromatic nitrogens is 2. The molecule has 0 saturated carbocycles. The molecular weight excluding hydrogens is 346 g/mol. The number of nitrogens with zero attached hydrogens (tertiary/aromatic N) is 1. The molecule has 2 aromatic rings. The molecule has 2 N–H and O–H groups in total. The van der Waals surface area contributed by atoms with Crippen molar-refractivity contribution in [2.45, 2.75) is 20.3 Å². The summed E-state index contributed by atoms with van der Waals surface area (Å²) in [6.45, 7) is 4.03. The zero-order valence-electron chi connectivity index (χ0n) is 14.3. The Morgan fingerprint density at radius 1 is 1.36 bits per heavy atom. The molecule has 9 heteroatoms. The zero-order chi connectivity index (χ0) is 18.6. The Morgan fingerprint density at radius 3 is 2.64 bits per heavy atom.